The normalized spacial score (nSPS) is 21.6. The highest BCUT2D eigenvalue weighted by Crippen LogP contribution is 2.15. The minimum Gasteiger partial charge on any atom is -0.481 e. The van der Waals surface area contributed by atoms with Gasteiger partial charge in [-0.1, -0.05) is 13.8 Å². The lowest BCUT2D eigenvalue weighted by Crippen LogP contribution is -2.57. The van der Waals surface area contributed by atoms with Gasteiger partial charge in [0.1, 0.15) is 0 Å². The summed E-state index contributed by atoms with van der Waals surface area (Å²) in [5, 5.41) is 11.4. The molecule has 0 aliphatic carbocycles. The molecule has 2 N–H and O–H groups in total. The highest BCUT2D eigenvalue weighted by atomic mass is 16.4. The summed E-state index contributed by atoms with van der Waals surface area (Å²) in [5.41, 5.74) is 0. The molecule has 1 heterocycles. The number of aliphatic carboxylic acids is 1. The number of hydrogen-bond donors (Lipinski definition) is 2. The van der Waals surface area contributed by atoms with Crippen LogP contribution in [-0.2, 0) is 9.59 Å². The zero-order chi connectivity index (χ0) is 12.8. The molecular weight excluding hydrogens is 220 g/mol. The summed E-state index contributed by atoms with van der Waals surface area (Å²) in [7, 11) is 0. The van der Waals surface area contributed by atoms with E-state index in [4.69, 9.17) is 5.11 Å². The molecule has 5 heteroatoms. The van der Waals surface area contributed by atoms with Crippen molar-refractivity contribution >= 4 is 11.9 Å². The summed E-state index contributed by atoms with van der Waals surface area (Å²) >= 11 is 0. The molecule has 17 heavy (non-hydrogen) atoms. The molecule has 0 saturated carbocycles. The van der Waals surface area contributed by atoms with E-state index in [1.165, 1.54) is 0 Å². The van der Waals surface area contributed by atoms with Gasteiger partial charge >= 0.3 is 5.97 Å². The van der Waals surface area contributed by atoms with Crippen LogP contribution in [0.1, 0.15) is 33.1 Å². The van der Waals surface area contributed by atoms with Gasteiger partial charge in [0.15, 0.2) is 0 Å². The van der Waals surface area contributed by atoms with E-state index in [1.807, 2.05) is 13.8 Å². The maximum absolute atomic E-state index is 11.7. The number of nitrogens with zero attached hydrogens (tertiary/aromatic N) is 1. The van der Waals surface area contributed by atoms with Crippen molar-refractivity contribution in [2.24, 2.45) is 5.92 Å². The van der Waals surface area contributed by atoms with Gasteiger partial charge in [0.25, 0.3) is 0 Å². The summed E-state index contributed by atoms with van der Waals surface area (Å²) in [6.07, 6.45) is 1.73. The molecule has 1 rings (SSSR count). The van der Waals surface area contributed by atoms with Gasteiger partial charge in [0.2, 0.25) is 5.91 Å². The Morgan fingerprint density at radius 3 is 2.82 bits per heavy atom. The first kappa shape index (κ1) is 14.0. The third kappa shape index (κ3) is 4.34. The minimum atomic E-state index is -0.748. The molecule has 1 saturated heterocycles. The van der Waals surface area contributed by atoms with Crippen molar-refractivity contribution < 1.29 is 14.7 Å². The lowest BCUT2D eigenvalue weighted by Gasteiger charge is -2.37. The third-order valence-electron chi connectivity index (χ3n) is 3.08. The first-order valence-corrected chi connectivity index (χ1v) is 6.26. The number of piperazine rings is 1. The average molecular weight is 242 g/mol. The number of carboxylic acid groups (broad SMARTS) is 1. The van der Waals surface area contributed by atoms with Crippen LogP contribution in [0.25, 0.3) is 0 Å². The summed E-state index contributed by atoms with van der Waals surface area (Å²) < 4.78 is 0. The van der Waals surface area contributed by atoms with Crippen LogP contribution in [0.15, 0.2) is 0 Å². The molecule has 0 bridgehead atoms. The largest absolute Gasteiger partial charge is 0.481 e. The zero-order valence-electron chi connectivity index (χ0n) is 10.6. The van der Waals surface area contributed by atoms with Gasteiger partial charge in [0.05, 0.1) is 6.04 Å². The van der Waals surface area contributed by atoms with Crippen LogP contribution in [0, 0.1) is 5.92 Å². The average Bonchev–Trinajstić information content (AvgIpc) is 2.23. The van der Waals surface area contributed by atoms with E-state index in [0.29, 0.717) is 13.0 Å². The predicted molar refractivity (Wildman–Crippen MR) is 64.7 cm³/mol. The van der Waals surface area contributed by atoms with Crippen molar-refractivity contribution in [2.75, 3.05) is 19.6 Å². The molecular formula is C12H22N2O3. The molecule has 1 aliphatic rings. The van der Waals surface area contributed by atoms with E-state index >= 15 is 0 Å². The number of rotatable bonds is 6. The first-order chi connectivity index (χ1) is 8.02. The molecule has 1 unspecified atom stereocenters. The molecule has 1 aliphatic heterocycles. The molecule has 5 nitrogen and oxygen atoms in total. The van der Waals surface area contributed by atoms with Crippen molar-refractivity contribution in [1.82, 2.24) is 10.2 Å². The van der Waals surface area contributed by atoms with E-state index in [-0.39, 0.29) is 24.3 Å². The number of amides is 1. The number of unbranched alkanes of at least 4 members (excludes halogenated alkanes) is 1. The highest BCUT2D eigenvalue weighted by Gasteiger charge is 2.31. The fourth-order valence-electron chi connectivity index (χ4n) is 2.30. The first-order valence-electron chi connectivity index (χ1n) is 6.26. The molecule has 0 spiro atoms. The van der Waals surface area contributed by atoms with Crippen LogP contribution in [0.2, 0.25) is 0 Å². The quantitative estimate of drug-likeness (QED) is 0.673. The SMILES string of the molecule is CC(C)C1C(=O)NCCN1CCCCC(=O)O. The second-order valence-electron chi connectivity index (χ2n) is 4.87. The van der Waals surface area contributed by atoms with Gasteiger partial charge in [-0.15, -0.1) is 0 Å². The number of nitrogens with one attached hydrogen (secondary N) is 1. The number of carbonyl (C=O) groups is 2. The Morgan fingerprint density at radius 2 is 2.24 bits per heavy atom. The molecule has 0 aromatic rings. The van der Waals surface area contributed by atoms with E-state index in [9.17, 15) is 9.59 Å². The highest BCUT2D eigenvalue weighted by molar-refractivity contribution is 5.82. The van der Waals surface area contributed by atoms with Crippen LogP contribution >= 0.6 is 0 Å². The summed E-state index contributed by atoms with van der Waals surface area (Å²) in [6.45, 7) is 6.45. The van der Waals surface area contributed by atoms with Crippen LogP contribution < -0.4 is 5.32 Å². The summed E-state index contributed by atoms with van der Waals surface area (Å²) in [5.74, 6) is -0.360. The monoisotopic (exact) mass is 242 g/mol. The van der Waals surface area contributed by atoms with Gasteiger partial charge in [-0.05, 0) is 25.3 Å². The molecule has 0 aromatic carbocycles. The number of carboxylic acids is 1. The van der Waals surface area contributed by atoms with Crippen molar-refractivity contribution in [3.63, 3.8) is 0 Å². The van der Waals surface area contributed by atoms with Crippen molar-refractivity contribution in [3.05, 3.63) is 0 Å². The minimum absolute atomic E-state index is 0.0615. The Kier molecular flexibility index (Phi) is 5.41. The zero-order valence-corrected chi connectivity index (χ0v) is 10.6. The molecule has 1 amide bonds. The van der Waals surface area contributed by atoms with Gasteiger partial charge in [-0.25, -0.2) is 0 Å². The Balaban J connectivity index is 2.38. The topological polar surface area (TPSA) is 69.6 Å². The maximum atomic E-state index is 11.7. The lowest BCUT2D eigenvalue weighted by molar-refractivity contribution is -0.137. The van der Waals surface area contributed by atoms with E-state index < -0.39 is 5.97 Å². The van der Waals surface area contributed by atoms with Gasteiger partial charge in [-0.3, -0.25) is 14.5 Å². The summed E-state index contributed by atoms with van der Waals surface area (Å²) in [4.78, 5) is 24.3. The number of carbonyl (C=O) groups excluding carboxylic acids is 1. The predicted octanol–water partition coefficient (Wildman–Crippen LogP) is 0.698. The number of hydrogen-bond acceptors (Lipinski definition) is 3. The fourth-order valence-corrected chi connectivity index (χ4v) is 2.30. The molecule has 98 valence electrons. The standard InChI is InChI=1S/C12H22N2O3/c1-9(2)11-12(17)13-6-8-14(11)7-4-3-5-10(15)16/h9,11H,3-8H2,1-2H3,(H,13,17)(H,15,16). The van der Waals surface area contributed by atoms with Crippen molar-refractivity contribution in [3.8, 4) is 0 Å². The Labute approximate surface area is 102 Å². The molecule has 0 radical (unpaired) electrons. The van der Waals surface area contributed by atoms with E-state index in [0.717, 1.165) is 19.5 Å². The second-order valence-corrected chi connectivity index (χ2v) is 4.87. The maximum Gasteiger partial charge on any atom is 0.303 e. The molecule has 1 atom stereocenters. The molecule has 0 aromatic heterocycles. The van der Waals surface area contributed by atoms with Crippen molar-refractivity contribution in [1.29, 1.82) is 0 Å². The van der Waals surface area contributed by atoms with Gasteiger partial charge < -0.3 is 10.4 Å². The van der Waals surface area contributed by atoms with E-state index in [2.05, 4.69) is 10.2 Å². The smallest absolute Gasteiger partial charge is 0.303 e. The van der Waals surface area contributed by atoms with Crippen LogP contribution in [0.4, 0.5) is 0 Å². The fraction of sp³-hybridized carbons (Fsp3) is 0.833. The Morgan fingerprint density at radius 1 is 1.53 bits per heavy atom. The van der Waals surface area contributed by atoms with E-state index in [1.54, 1.807) is 0 Å². The van der Waals surface area contributed by atoms with Crippen LogP contribution in [0.5, 0.6) is 0 Å². The van der Waals surface area contributed by atoms with Crippen LogP contribution in [-0.4, -0.2) is 47.6 Å². The Hall–Kier alpha value is -1.10. The lowest BCUT2D eigenvalue weighted by atomic mass is 9.99. The van der Waals surface area contributed by atoms with Crippen molar-refractivity contribution in [2.45, 2.75) is 39.2 Å². The van der Waals surface area contributed by atoms with Crippen LogP contribution in [0.3, 0.4) is 0 Å². The second kappa shape index (κ2) is 6.59. The summed E-state index contributed by atoms with van der Waals surface area (Å²) in [6, 6.07) is -0.0615. The Bertz CT molecular complexity index is 279. The third-order valence-corrected chi connectivity index (χ3v) is 3.08. The molecule has 1 fully saturated rings. The van der Waals surface area contributed by atoms with Gasteiger partial charge in [-0.2, -0.15) is 0 Å². The van der Waals surface area contributed by atoms with Gasteiger partial charge in [0, 0.05) is 19.5 Å².